The molecule has 0 aliphatic heterocycles. The predicted molar refractivity (Wildman–Crippen MR) is 69.3 cm³/mol. The van der Waals surface area contributed by atoms with E-state index in [1.807, 2.05) is 24.3 Å². The average Bonchev–Trinajstić information content (AvgIpc) is 2.35. The van der Waals surface area contributed by atoms with Gasteiger partial charge in [0.1, 0.15) is 0 Å². The minimum absolute atomic E-state index is 0.503. The third kappa shape index (κ3) is 5.13. The van der Waals surface area contributed by atoms with Crippen LogP contribution < -0.4 is 0 Å². The van der Waals surface area contributed by atoms with Gasteiger partial charge in [-0.2, -0.15) is 0 Å². The zero-order valence-corrected chi connectivity index (χ0v) is 10.2. The standard InChI is InChI=1S/C15H22O/c1-3-5-9-14(4-2)12-16-13-15-10-7-6-8-11-15/h4,6-8,10-11,14H,2-3,5,9,12-13H2,1H3. The summed E-state index contributed by atoms with van der Waals surface area (Å²) in [6, 6.07) is 10.3. The van der Waals surface area contributed by atoms with Crippen molar-refractivity contribution in [3.05, 3.63) is 48.6 Å². The molecule has 1 atom stereocenters. The maximum atomic E-state index is 5.70. The van der Waals surface area contributed by atoms with Crippen LogP contribution in [0.5, 0.6) is 0 Å². The number of hydrogen-bond acceptors (Lipinski definition) is 1. The van der Waals surface area contributed by atoms with Gasteiger partial charge in [-0.1, -0.05) is 56.2 Å². The molecular weight excluding hydrogens is 196 g/mol. The summed E-state index contributed by atoms with van der Waals surface area (Å²) >= 11 is 0. The summed E-state index contributed by atoms with van der Waals surface area (Å²) in [6.07, 6.45) is 5.70. The second kappa shape index (κ2) is 8.12. The van der Waals surface area contributed by atoms with E-state index in [9.17, 15) is 0 Å². The molecule has 0 spiro atoms. The molecule has 16 heavy (non-hydrogen) atoms. The Morgan fingerprint density at radius 1 is 1.31 bits per heavy atom. The highest BCUT2D eigenvalue weighted by atomic mass is 16.5. The molecule has 0 bridgehead atoms. The van der Waals surface area contributed by atoms with E-state index in [-0.39, 0.29) is 0 Å². The summed E-state index contributed by atoms with van der Waals surface area (Å²) in [5.74, 6) is 0.503. The van der Waals surface area contributed by atoms with E-state index in [4.69, 9.17) is 4.74 Å². The molecule has 0 N–H and O–H groups in total. The van der Waals surface area contributed by atoms with Crippen molar-refractivity contribution in [1.29, 1.82) is 0 Å². The molecular formula is C15H22O. The summed E-state index contributed by atoms with van der Waals surface area (Å²) in [4.78, 5) is 0. The Bertz CT molecular complexity index is 279. The Balaban J connectivity index is 2.20. The minimum Gasteiger partial charge on any atom is -0.376 e. The summed E-state index contributed by atoms with van der Waals surface area (Å²) in [6.45, 7) is 7.57. The lowest BCUT2D eigenvalue weighted by Gasteiger charge is -2.12. The predicted octanol–water partition coefficient (Wildman–Crippen LogP) is 4.20. The molecule has 1 heteroatoms. The van der Waals surface area contributed by atoms with E-state index in [1.165, 1.54) is 24.8 Å². The van der Waals surface area contributed by atoms with Gasteiger partial charge < -0.3 is 4.74 Å². The van der Waals surface area contributed by atoms with Crippen molar-refractivity contribution in [1.82, 2.24) is 0 Å². The van der Waals surface area contributed by atoms with Gasteiger partial charge in [0, 0.05) is 0 Å². The Hall–Kier alpha value is -1.08. The quantitative estimate of drug-likeness (QED) is 0.594. The van der Waals surface area contributed by atoms with Gasteiger partial charge in [0.25, 0.3) is 0 Å². The van der Waals surface area contributed by atoms with Crippen molar-refractivity contribution in [2.75, 3.05) is 6.61 Å². The third-order valence-electron chi connectivity index (χ3n) is 2.71. The Morgan fingerprint density at radius 3 is 2.69 bits per heavy atom. The summed E-state index contributed by atoms with van der Waals surface area (Å²) in [5.41, 5.74) is 1.24. The fraction of sp³-hybridized carbons (Fsp3) is 0.467. The van der Waals surface area contributed by atoms with E-state index in [0.29, 0.717) is 12.5 Å². The van der Waals surface area contributed by atoms with Gasteiger partial charge in [0.2, 0.25) is 0 Å². The van der Waals surface area contributed by atoms with Crippen LogP contribution in [-0.2, 0) is 11.3 Å². The van der Waals surface area contributed by atoms with Gasteiger partial charge in [0.15, 0.2) is 0 Å². The normalized spacial score (nSPS) is 12.3. The van der Waals surface area contributed by atoms with Crippen molar-refractivity contribution in [3.63, 3.8) is 0 Å². The van der Waals surface area contributed by atoms with E-state index in [2.05, 4.69) is 25.6 Å². The molecule has 1 nitrogen and oxygen atoms in total. The highest BCUT2D eigenvalue weighted by molar-refractivity contribution is 5.13. The zero-order valence-electron chi connectivity index (χ0n) is 10.2. The average molecular weight is 218 g/mol. The zero-order chi connectivity index (χ0) is 11.6. The molecule has 0 aromatic heterocycles. The first-order chi connectivity index (χ1) is 7.86. The van der Waals surface area contributed by atoms with Crippen LogP contribution in [0.3, 0.4) is 0 Å². The molecule has 0 radical (unpaired) electrons. The molecule has 1 aromatic rings. The van der Waals surface area contributed by atoms with Crippen LogP contribution in [0.15, 0.2) is 43.0 Å². The molecule has 0 fully saturated rings. The number of unbranched alkanes of at least 4 members (excludes halogenated alkanes) is 1. The van der Waals surface area contributed by atoms with Crippen LogP contribution in [0.25, 0.3) is 0 Å². The minimum atomic E-state index is 0.503. The van der Waals surface area contributed by atoms with Gasteiger partial charge in [-0.15, -0.1) is 6.58 Å². The molecule has 0 aliphatic rings. The van der Waals surface area contributed by atoms with Crippen LogP contribution in [0.4, 0.5) is 0 Å². The largest absolute Gasteiger partial charge is 0.376 e. The van der Waals surface area contributed by atoms with Gasteiger partial charge in [0.05, 0.1) is 13.2 Å². The second-order valence-corrected chi connectivity index (χ2v) is 4.14. The Labute approximate surface area is 99.1 Å². The van der Waals surface area contributed by atoms with E-state index in [0.717, 1.165) is 6.61 Å². The molecule has 1 aromatic carbocycles. The van der Waals surface area contributed by atoms with Crippen LogP contribution in [0, 0.1) is 5.92 Å². The van der Waals surface area contributed by atoms with Crippen LogP contribution in [0.2, 0.25) is 0 Å². The molecule has 0 heterocycles. The van der Waals surface area contributed by atoms with Crippen molar-refractivity contribution in [2.45, 2.75) is 32.8 Å². The number of benzene rings is 1. The maximum absolute atomic E-state index is 5.70. The van der Waals surface area contributed by atoms with Crippen LogP contribution in [0.1, 0.15) is 31.7 Å². The summed E-state index contributed by atoms with van der Waals surface area (Å²) in [5, 5.41) is 0. The second-order valence-electron chi connectivity index (χ2n) is 4.14. The van der Waals surface area contributed by atoms with E-state index in [1.54, 1.807) is 0 Å². The SMILES string of the molecule is C=CC(CCCC)COCc1ccccc1. The van der Waals surface area contributed by atoms with Crippen molar-refractivity contribution in [3.8, 4) is 0 Å². The lowest BCUT2D eigenvalue weighted by Crippen LogP contribution is -2.07. The monoisotopic (exact) mass is 218 g/mol. The van der Waals surface area contributed by atoms with E-state index < -0.39 is 0 Å². The molecule has 0 saturated carbocycles. The first kappa shape index (κ1) is 13.0. The first-order valence-electron chi connectivity index (χ1n) is 6.11. The number of rotatable bonds is 8. The van der Waals surface area contributed by atoms with Gasteiger partial charge in [-0.05, 0) is 17.9 Å². The molecule has 1 unspecified atom stereocenters. The molecule has 0 aliphatic carbocycles. The lowest BCUT2D eigenvalue weighted by atomic mass is 10.0. The van der Waals surface area contributed by atoms with Crippen molar-refractivity contribution < 1.29 is 4.74 Å². The summed E-state index contributed by atoms with van der Waals surface area (Å²) < 4.78 is 5.70. The van der Waals surface area contributed by atoms with Gasteiger partial charge in [-0.3, -0.25) is 0 Å². The smallest absolute Gasteiger partial charge is 0.0717 e. The highest BCUT2D eigenvalue weighted by Gasteiger charge is 2.03. The Kier molecular flexibility index (Phi) is 6.59. The highest BCUT2D eigenvalue weighted by Crippen LogP contribution is 2.11. The topological polar surface area (TPSA) is 9.23 Å². The van der Waals surface area contributed by atoms with Gasteiger partial charge in [-0.25, -0.2) is 0 Å². The third-order valence-corrected chi connectivity index (χ3v) is 2.71. The number of hydrogen-bond donors (Lipinski definition) is 0. The fourth-order valence-corrected chi connectivity index (χ4v) is 1.64. The van der Waals surface area contributed by atoms with Crippen LogP contribution >= 0.6 is 0 Å². The number of ether oxygens (including phenoxy) is 1. The van der Waals surface area contributed by atoms with Crippen molar-refractivity contribution in [2.24, 2.45) is 5.92 Å². The van der Waals surface area contributed by atoms with E-state index >= 15 is 0 Å². The molecule has 0 amide bonds. The molecule has 88 valence electrons. The first-order valence-corrected chi connectivity index (χ1v) is 6.11. The lowest BCUT2D eigenvalue weighted by molar-refractivity contribution is 0.0967. The maximum Gasteiger partial charge on any atom is 0.0717 e. The van der Waals surface area contributed by atoms with Crippen molar-refractivity contribution >= 4 is 0 Å². The van der Waals surface area contributed by atoms with Gasteiger partial charge >= 0.3 is 0 Å². The summed E-state index contributed by atoms with van der Waals surface area (Å²) in [7, 11) is 0. The van der Waals surface area contributed by atoms with Crippen LogP contribution in [-0.4, -0.2) is 6.61 Å². The molecule has 0 saturated heterocycles. The fourth-order valence-electron chi connectivity index (χ4n) is 1.64. The Morgan fingerprint density at radius 2 is 2.06 bits per heavy atom. The molecule has 1 rings (SSSR count).